The second kappa shape index (κ2) is 12.8. The summed E-state index contributed by atoms with van der Waals surface area (Å²) in [6.45, 7) is 11.1. The van der Waals surface area contributed by atoms with E-state index in [2.05, 4.69) is 67.3 Å². The normalized spacial score (nSPS) is 19.3. The van der Waals surface area contributed by atoms with Gasteiger partial charge in [-0.25, -0.2) is 0 Å². The summed E-state index contributed by atoms with van der Waals surface area (Å²) in [7, 11) is -2.70. The Balaban J connectivity index is 1.50. The van der Waals surface area contributed by atoms with E-state index < -0.39 is 16.0 Å². The number of ether oxygens (including phenoxy) is 1. The van der Waals surface area contributed by atoms with Crippen molar-refractivity contribution in [1.29, 1.82) is 0 Å². The molecule has 6 rings (SSSR count). The second-order valence-corrected chi connectivity index (χ2v) is 17.5. The van der Waals surface area contributed by atoms with Crippen molar-refractivity contribution in [1.82, 2.24) is 4.90 Å². The minimum Gasteiger partial charge on any atom is -0.493 e. The maximum Gasteiger partial charge on any atom is 0.339 e. The summed E-state index contributed by atoms with van der Waals surface area (Å²) < 4.78 is 38.6. The fraction of sp³-hybridized carbons (Fsp3) is 0.385. The number of halogens is 1. The quantitative estimate of drug-likeness (QED) is 0.168. The molecule has 0 aromatic heterocycles. The Bertz CT molecular complexity index is 1900. The van der Waals surface area contributed by atoms with E-state index in [-0.39, 0.29) is 38.8 Å². The lowest BCUT2D eigenvalue weighted by Crippen LogP contribution is -2.45. The van der Waals surface area contributed by atoms with Crippen LogP contribution in [0.15, 0.2) is 94.2 Å². The number of hydrogen-bond donors (Lipinski definition) is 0. The van der Waals surface area contributed by atoms with Crippen LogP contribution in [0.2, 0.25) is 0 Å². The van der Waals surface area contributed by atoms with Crippen LogP contribution < -0.4 is 8.92 Å². The molecule has 0 spiro atoms. The summed E-state index contributed by atoms with van der Waals surface area (Å²) in [6.07, 6.45) is 2.93. The number of methoxy groups -OCH3 is 1. The van der Waals surface area contributed by atoms with Crippen LogP contribution in [-0.2, 0) is 26.1 Å². The number of benzene rings is 3. The van der Waals surface area contributed by atoms with Crippen LogP contribution in [-0.4, -0.2) is 38.5 Å². The zero-order valence-corrected chi connectivity index (χ0v) is 31.3. The molecule has 0 fully saturated rings. The molecule has 0 N–H and O–H groups in total. The summed E-state index contributed by atoms with van der Waals surface area (Å²) >= 11 is 2.05. The zero-order valence-electron chi connectivity index (χ0n) is 28.4. The summed E-state index contributed by atoms with van der Waals surface area (Å²) in [4.78, 5) is 30.9. The first-order chi connectivity index (χ1) is 22.6. The van der Waals surface area contributed by atoms with Gasteiger partial charge in [0.25, 0.3) is 0 Å². The minimum atomic E-state index is -4.16. The van der Waals surface area contributed by atoms with Gasteiger partial charge in [0, 0.05) is 47.8 Å². The third kappa shape index (κ3) is 6.72. The number of Topliss-reactive ketones (excluding diaryl/α,β-unsaturated/α-hetero) is 2. The van der Waals surface area contributed by atoms with Gasteiger partial charge < -0.3 is 13.8 Å². The molecule has 252 valence electrons. The molecule has 9 heteroatoms. The van der Waals surface area contributed by atoms with E-state index in [0.717, 1.165) is 23.4 Å². The molecule has 0 radical (unpaired) electrons. The molecule has 48 heavy (non-hydrogen) atoms. The van der Waals surface area contributed by atoms with Crippen molar-refractivity contribution in [3.05, 3.63) is 110 Å². The van der Waals surface area contributed by atoms with Gasteiger partial charge in [0.1, 0.15) is 4.90 Å². The van der Waals surface area contributed by atoms with Gasteiger partial charge in [0.2, 0.25) is 0 Å². The van der Waals surface area contributed by atoms with Crippen molar-refractivity contribution >= 4 is 44.3 Å². The summed E-state index contributed by atoms with van der Waals surface area (Å²) in [5.41, 5.74) is 5.64. The summed E-state index contributed by atoms with van der Waals surface area (Å²) in [5, 5.41) is 0. The predicted molar refractivity (Wildman–Crippen MR) is 194 cm³/mol. The molecular weight excluding hydrogens is 737 g/mol. The number of carbonyl (C=O) groups is 2. The van der Waals surface area contributed by atoms with Crippen LogP contribution in [0.5, 0.6) is 11.5 Å². The molecule has 0 saturated carbocycles. The number of allylic oxidation sites excluding steroid dienone is 4. The Morgan fingerprint density at radius 2 is 1.40 bits per heavy atom. The average Bonchev–Trinajstić information content (AvgIpc) is 3.00. The van der Waals surface area contributed by atoms with Crippen LogP contribution in [0.3, 0.4) is 0 Å². The molecule has 3 aromatic carbocycles. The van der Waals surface area contributed by atoms with E-state index >= 15 is 0 Å². The highest BCUT2D eigenvalue weighted by Crippen LogP contribution is 2.55. The summed E-state index contributed by atoms with van der Waals surface area (Å²) in [6, 6.07) is 20.3. The molecule has 0 saturated heterocycles. The molecule has 2 aliphatic carbocycles. The van der Waals surface area contributed by atoms with Crippen LogP contribution >= 0.6 is 22.6 Å². The first-order valence-electron chi connectivity index (χ1n) is 16.3. The molecule has 0 unspecified atom stereocenters. The van der Waals surface area contributed by atoms with Crippen molar-refractivity contribution in [2.45, 2.75) is 77.5 Å². The molecule has 3 aliphatic rings. The monoisotopic (exact) mass is 779 g/mol. The van der Waals surface area contributed by atoms with Crippen molar-refractivity contribution in [3.8, 4) is 11.5 Å². The lowest BCUT2D eigenvalue weighted by Gasteiger charge is -2.49. The second-order valence-electron chi connectivity index (χ2n) is 14.8. The molecule has 1 aliphatic heterocycles. The molecule has 1 heterocycles. The molecule has 0 atom stereocenters. The largest absolute Gasteiger partial charge is 0.493 e. The molecular formula is C39H42INO6S. The number of rotatable bonds is 8. The average molecular weight is 780 g/mol. The van der Waals surface area contributed by atoms with Gasteiger partial charge in [-0.1, -0.05) is 75.7 Å². The third-order valence-corrected chi connectivity index (χ3v) is 11.6. The van der Waals surface area contributed by atoms with Crippen LogP contribution in [0.4, 0.5) is 0 Å². The Hall–Kier alpha value is -3.44. The molecule has 7 nitrogen and oxygen atoms in total. The van der Waals surface area contributed by atoms with E-state index in [1.807, 2.05) is 31.2 Å². The van der Waals surface area contributed by atoms with E-state index in [1.165, 1.54) is 24.8 Å². The van der Waals surface area contributed by atoms with Gasteiger partial charge in [0.15, 0.2) is 23.1 Å². The number of ketones is 2. The van der Waals surface area contributed by atoms with Crippen molar-refractivity contribution in [2.24, 2.45) is 10.8 Å². The van der Waals surface area contributed by atoms with Gasteiger partial charge in [-0.05, 0) is 95.0 Å². The van der Waals surface area contributed by atoms with Crippen LogP contribution in [0, 0.1) is 21.3 Å². The van der Waals surface area contributed by atoms with Crippen LogP contribution in [0.25, 0.3) is 0 Å². The van der Waals surface area contributed by atoms with Gasteiger partial charge in [-0.2, -0.15) is 8.42 Å². The maximum atomic E-state index is 14.3. The standard InChI is InChI=1S/C39H42INO6S/c1-24-12-14-27(15-13-24)48(44,45)47-37-28(40)18-26(19-33(37)46-6)34-35-29(20-38(2,3)22-31(35)42)41(17-16-25-10-8-7-9-11-25)30-21-39(4,5)23-32(43)36(30)34/h7-15,18-19,34H,16-17,20-23H2,1-6H3. The number of nitrogens with zero attached hydrogens (tertiary/aromatic N) is 1. The fourth-order valence-corrected chi connectivity index (χ4v) is 9.23. The SMILES string of the molecule is COc1cc(C2C3=C(CC(C)(C)CC3=O)N(CCc3ccccc3)C3=C2C(=O)CC(C)(C)C3)cc(I)c1OS(=O)(=O)c1ccc(C)cc1. The lowest BCUT2D eigenvalue weighted by molar-refractivity contribution is -0.119. The maximum absolute atomic E-state index is 14.3. The Kier molecular flexibility index (Phi) is 9.17. The van der Waals surface area contributed by atoms with E-state index in [4.69, 9.17) is 8.92 Å². The predicted octanol–water partition coefficient (Wildman–Crippen LogP) is 8.30. The lowest BCUT2D eigenvalue weighted by atomic mass is 9.63. The van der Waals surface area contributed by atoms with E-state index in [9.17, 15) is 18.0 Å². The van der Waals surface area contributed by atoms with Crippen LogP contribution in [0.1, 0.15) is 76.0 Å². The van der Waals surface area contributed by atoms with Gasteiger partial charge in [-0.15, -0.1) is 0 Å². The molecule has 3 aromatic rings. The van der Waals surface area contributed by atoms with Gasteiger partial charge in [-0.3, -0.25) is 9.59 Å². The van der Waals surface area contributed by atoms with Crippen molar-refractivity contribution in [2.75, 3.05) is 13.7 Å². The Morgan fingerprint density at radius 1 is 0.833 bits per heavy atom. The van der Waals surface area contributed by atoms with E-state index in [0.29, 0.717) is 52.5 Å². The Labute approximate surface area is 297 Å². The number of aryl methyl sites for hydroxylation is 1. The summed E-state index contributed by atoms with van der Waals surface area (Å²) in [5.74, 6) is -0.234. The highest BCUT2D eigenvalue weighted by atomic mass is 127. The first-order valence-corrected chi connectivity index (χ1v) is 18.8. The van der Waals surface area contributed by atoms with Crippen molar-refractivity contribution in [3.63, 3.8) is 0 Å². The zero-order chi connectivity index (χ0) is 34.6. The number of hydrogen-bond acceptors (Lipinski definition) is 7. The molecule has 0 amide bonds. The van der Waals surface area contributed by atoms with Gasteiger partial charge in [0.05, 0.1) is 10.7 Å². The Morgan fingerprint density at radius 3 is 1.94 bits per heavy atom. The smallest absolute Gasteiger partial charge is 0.339 e. The highest BCUT2D eigenvalue weighted by Gasteiger charge is 2.49. The fourth-order valence-electron chi connectivity index (χ4n) is 7.39. The van der Waals surface area contributed by atoms with Crippen molar-refractivity contribution < 1.29 is 26.9 Å². The minimum absolute atomic E-state index is 0.0355. The highest BCUT2D eigenvalue weighted by molar-refractivity contribution is 14.1. The van der Waals surface area contributed by atoms with Gasteiger partial charge >= 0.3 is 10.1 Å². The van der Waals surface area contributed by atoms with E-state index in [1.54, 1.807) is 18.2 Å². The molecule has 0 bridgehead atoms. The first kappa shape index (κ1) is 34.4. The topological polar surface area (TPSA) is 90.0 Å². The number of carbonyl (C=O) groups excluding carboxylic acids is 2. The third-order valence-electron chi connectivity index (χ3n) is 9.58.